The largest absolute Gasteiger partial charge is 0.375 e. The number of thiocarbonyl (C=S) groups is 1. The highest BCUT2D eigenvalue weighted by Crippen LogP contribution is 2.31. The number of rotatable bonds is 5. The summed E-state index contributed by atoms with van der Waals surface area (Å²) in [5.41, 5.74) is 12.9. The number of anilines is 3. The third-order valence-electron chi connectivity index (χ3n) is 6.31. The van der Waals surface area contributed by atoms with Gasteiger partial charge in [-0.15, -0.1) is 0 Å². The van der Waals surface area contributed by atoms with Crippen LogP contribution in [0, 0.1) is 12.7 Å². The third kappa shape index (κ3) is 5.72. The van der Waals surface area contributed by atoms with E-state index in [4.69, 9.17) is 18.0 Å². The summed E-state index contributed by atoms with van der Waals surface area (Å²) < 4.78 is 15.3. The molecule has 4 rings (SSSR count). The number of halogens is 1. The Morgan fingerprint density at radius 2 is 1.61 bits per heavy atom. The molecule has 2 aromatic carbocycles. The third-order valence-corrected chi connectivity index (χ3v) is 6.40. The van der Waals surface area contributed by atoms with E-state index in [-0.39, 0.29) is 10.9 Å². The number of nitrogens with zero attached hydrogens (tertiary/aromatic N) is 5. The van der Waals surface area contributed by atoms with Crippen LogP contribution in [0.4, 0.5) is 21.5 Å². The zero-order valence-electron chi connectivity index (χ0n) is 19.3. The molecule has 3 N–H and O–H groups in total. The Hall–Kier alpha value is -2.91. The van der Waals surface area contributed by atoms with Crippen LogP contribution < -0.4 is 25.9 Å². The molecular weight excluding hydrogens is 437 g/mol. The van der Waals surface area contributed by atoms with Crippen molar-refractivity contribution >= 4 is 40.6 Å². The number of hydrogen-bond acceptors (Lipinski definition) is 6. The number of likely N-dealkylation sites (N-methyl/N-ethyl adjacent to an activating group) is 1. The quantitative estimate of drug-likeness (QED) is 0.396. The number of aryl methyl sites for hydroxylation is 1. The molecule has 0 spiro atoms. The fourth-order valence-electron chi connectivity index (χ4n) is 4.43. The maximum atomic E-state index is 15.3. The van der Waals surface area contributed by atoms with Crippen molar-refractivity contribution in [3.05, 3.63) is 53.3 Å². The van der Waals surface area contributed by atoms with E-state index in [0.717, 1.165) is 58.0 Å². The zero-order chi connectivity index (χ0) is 23.4. The smallest absolute Gasteiger partial charge is 0.184 e. The molecule has 2 aliphatic rings. The van der Waals surface area contributed by atoms with Crippen LogP contribution >= 0.6 is 12.2 Å². The lowest BCUT2D eigenvalue weighted by atomic mass is 10.1. The molecule has 2 fully saturated rings. The lowest BCUT2D eigenvalue weighted by molar-refractivity contribution is 0.313. The van der Waals surface area contributed by atoms with E-state index in [0.29, 0.717) is 11.3 Å². The Morgan fingerprint density at radius 1 is 0.970 bits per heavy atom. The first-order chi connectivity index (χ1) is 15.9. The summed E-state index contributed by atoms with van der Waals surface area (Å²) in [7, 11) is 2.12. The molecule has 2 aliphatic heterocycles. The Balaban J connectivity index is 1.56. The van der Waals surface area contributed by atoms with Crippen molar-refractivity contribution in [1.82, 2.24) is 10.3 Å². The molecule has 176 valence electrons. The first-order valence-electron chi connectivity index (χ1n) is 11.3. The van der Waals surface area contributed by atoms with Gasteiger partial charge in [0.05, 0.1) is 11.9 Å². The molecule has 0 amide bonds. The SMILES string of the molecule is Cc1cccc(N2CCN(c3cc(N4CCN(C)CC4)c(/C=N/NC(N)=S)cc3F)CC2)c1. The highest BCUT2D eigenvalue weighted by molar-refractivity contribution is 7.80. The second-order valence-electron chi connectivity index (χ2n) is 8.70. The number of nitrogens with two attached hydrogens (primary N) is 1. The van der Waals surface area contributed by atoms with Gasteiger partial charge in [-0.3, -0.25) is 5.43 Å². The highest BCUT2D eigenvalue weighted by Gasteiger charge is 2.24. The molecule has 0 atom stereocenters. The number of hydrogen-bond donors (Lipinski definition) is 2. The van der Waals surface area contributed by atoms with Crippen LogP contribution in [-0.4, -0.2) is 75.6 Å². The summed E-state index contributed by atoms with van der Waals surface area (Å²) in [6.45, 7) is 9.04. The molecule has 9 heteroatoms. The van der Waals surface area contributed by atoms with Gasteiger partial charge in [-0.1, -0.05) is 12.1 Å². The van der Waals surface area contributed by atoms with Gasteiger partial charge >= 0.3 is 0 Å². The number of nitrogens with one attached hydrogen (secondary N) is 1. The molecule has 0 bridgehead atoms. The minimum Gasteiger partial charge on any atom is -0.375 e. The lowest BCUT2D eigenvalue weighted by Gasteiger charge is -2.39. The summed E-state index contributed by atoms with van der Waals surface area (Å²) in [6, 6.07) is 12.1. The molecule has 2 aromatic rings. The van der Waals surface area contributed by atoms with Gasteiger partial charge in [-0.2, -0.15) is 5.10 Å². The fraction of sp³-hybridized carbons (Fsp3) is 0.417. The summed E-state index contributed by atoms with van der Waals surface area (Å²) in [4.78, 5) is 9.11. The van der Waals surface area contributed by atoms with E-state index in [1.807, 2.05) is 6.07 Å². The van der Waals surface area contributed by atoms with Crippen molar-refractivity contribution < 1.29 is 4.39 Å². The second kappa shape index (κ2) is 10.4. The predicted octanol–water partition coefficient (Wildman–Crippen LogP) is 2.38. The maximum absolute atomic E-state index is 15.3. The van der Waals surface area contributed by atoms with E-state index in [2.05, 4.69) is 68.4 Å². The van der Waals surface area contributed by atoms with Gasteiger partial charge < -0.3 is 25.3 Å². The molecule has 2 heterocycles. The summed E-state index contributed by atoms with van der Waals surface area (Å²) >= 11 is 4.82. The second-order valence-corrected chi connectivity index (χ2v) is 9.14. The van der Waals surface area contributed by atoms with Crippen molar-refractivity contribution in [2.45, 2.75) is 6.92 Å². The first kappa shape index (κ1) is 23.3. The Bertz CT molecular complexity index is 1010. The van der Waals surface area contributed by atoms with Gasteiger partial charge in [-0.25, -0.2) is 4.39 Å². The van der Waals surface area contributed by atoms with Crippen LogP contribution in [0.15, 0.2) is 41.5 Å². The Morgan fingerprint density at radius 3 is 2.27 bits per heavy atom. The van der Waals surface area contributed by atoms with Gasteiger partial charge in [0.25, 0.3) is 0 Å². The Labute approximate surface area is 200 Å². The number of hydrazone groups is 1. The van der Waals surface area contributed by atoms with Crippen molar-refractivity contribution in [1.29, 1.82) is 0 Å². The number of benzene rings is 2. The van der Waals surface area contributed by atoms with Gasteiger partial charge in [0, 0.05) is 69.3 Å². The monoisotopic (exact) mass is 469 g/mol. The molecule has 0 unspecified atom stereocenters. The fourth-order valence-corrected chi connectivity index (χ4v) is 4.48. The summed E-state index contributed by atoms with van der Waals surface area (Å²) in [5, 5.41) is 4.16. The van der Waals surface area contributed by atoms with Crippen molar-refractivity contribution in [2.75, 3.05) is 74.1 Å². The van der Waals surface area contributed by atoms with E-state index in [9.17, 15) is 0 Å². The van der Waals surface area contributed by atoms with Crippen molar-refractivity contribution in [3.8, 4) is 0 Å². The van der Waals surface area contributed by atoms with Crippen LogP contribution in [0.2, 0.25) is 0 Å². The van der Waals surface area contributed by atoms with Crippen LogP contribution in [0.5, 0.6) is 0 Å². The maximum Gasteiger partial charge on any atom is 0.184 e. The predicted molar refractivity (Wildman–Crippen MR) is 139 cm³/mol. The molecule has 0 aromatic heterocycles. The molecule has 7 nitrogen and oxygen atoms in total. The normalized spacial score (nSPS) is 17.6. The standard InChI is InChI=1S/C24H32FN7S/c1-18-4-3-5-20(14-18)30-10-12-32(13-11-30)23-16-22(31-8-6-29(2)7-9-31)19(15-21(23)25)17-27-28-24(26)33/h3-5,14-17H,6-13H2,1-2H3,(H3,26,28,33)/b27-17+. The molecule has 0 radical (unpaired) electrons. The van der Waals surface area contributed by atoms with Gasteiger partial charge in [0.15, 0.2) is 5.11 Å². The Kier molecular flexibility index (Phi) is 7.29. The molecule has 2 saturated heterocycles. The molecule has 33 heavy (non-hydrogen) atoms. The van der Waals surface area contributed by atoms with E-state index >= 15 is 4.39 Å². The van der Waals surface area contributed by atoms with E-state index < -0.39 is 0 Å². The van der Waals surface area contributed by atoms with Crippen LogP contribution in [-0.2, 0) is 0 Å². The molecular formula is C24H32FN7S. The van der Waals surface area contributed by atoms with Crippen LogP contribution in [0.3, 0.4) is 0 Å². The topological polar surface area (TPSA) is 63.4 Å². The first-order valence-corrected chi connectivity index (χ1v) is 11.7. The van der Waals surface area contributed by atoms with E-state index in [1.54, 1.807) is 12.3 Å². The minimum absolute atomic E-state index is 0.0796. The molecule has 0 saturated carbocycles. The van der Waals surface area contributed by atoms with Gasteiger partial charge in [0.1, 0.15) is 5.82 Å². The molecule has 0 aliphatic carbocycles. The summed E-state index contributed by atoms with van der Waals surface area (Å²) in [5.74, 6) is -0.242. The average Bonchev–Trinajstić information content (AvgIpc) is 2.80. The average molecular weight is 470 g/mol. The highest BCUT2D eigenvalue weighted by atomic mass is 32.1. The van der Waals surface area contributed by atoms with Crippen molar-refractivity contribution in [3.63, 3.8) is 0 Å². The van der Waals surface area contributed by atoms with Crippen molar-refractivity contribution in [2.24, 2.45) is 10.8 Å². The van der Waals surface area contributed by atoms with Crippen LogP contribution in [0.25, 0.3) is 0 Å². The minimum atomic E-state index is -0.242. The lowest BCUT2D eigenvalue weighted by Crippen LogP contribution is -2.47. The van der Waals surface area contributed by atoms with E-state index in [1.165, 1.54) is 11.3 Å². The van der Waals surface area contributed by atoms with Gasteiger partial charge in [0.2, 0.25) is 0 Å². The number of piperazine rings is 2. The van der Waals surface area contributed by atoms with Crippen LogP contribution in [0.1, 0.15) is 11.1 Å². The van der Waals surface area contributed by atoms with Gasteiger partial charge in [-0.05, 0) is 56.0 Å². The zero-order valence-corrected chi connectivity index (χ0v) is 20.1. The summed E-state index contributed by atoms with van der Waals surface area (Å²) in [6.07, 6.45) is 1.59.